The molecular formula is C37H46N2O10PSi+. The molecule has 1 aliphatic heterocycles. The van der Waals surface area contributed by atoms with E-state index in [0.29, 0.717) is 11.5 Å². The fourth-order valence-electron chi connectivity index (χ4n) is 5.89. The maximum absolute atomic E-state index is 13.2. The molecule has 4 aromatic rings. The summed E-state index contributed by atoms with van der Waals surface area (Å²) in [7, 11) is -0.717. The van der Waals surface area contributed by atoms with E-state index in [4.69, 9.17) is 32.4 Å². The van der Waals surface area contributed by atoms with E-state index in [1.165, 1.54) is 23.9 Å². The molecule has 1 unspecified atom stereocenters. The Labute approximate surface area is 299 Å². The lowest BCUT2D eigenvalue weighted by molar-refractivity contribution is -0.0938. The number of nitrogens with zero attached hydrogens (tertiary/aromatic N) is 1. The molecule has 272 valence electrons. The molecule has 0 radical (unpaired) electrons. The molecule has 14 heteroatoms. The minimum atomic E-state index is -2.62. The lowest BCUT2D eigenvalue weighted by Crippen LogP contribution is -2.50. The molecule has 0 saturated carbocycles. The van der Waals surface area contributed by atoms with Gasteiger partial charge in [-0.25, -0.2) is 4.79 Å². The van der Waals surface area contributed by atoms with Gasteiger partial charge < -0.3 is 23.4 Å². The van der Waals surface area contributed by atoms with Crippen molar-refractivity contribution in [3.8, 4) is 11.5 Å². The van der Waals surface area contributed by atoms with Crippen LogP contribution in [0.2, 0.25) is 18.1 Å². The van der Waals surface area contributed by atoms with Gasteiger partial charge in [-0.15, -0.1) is 9.05 Å². The maximum atomic E-state index is 13.2. The Kier molecular flexibility index (Phi) is 11.8. The number of aromatic nitrogens is 2. The van der Waals surface area contributed by atoms with Crippen LogP contribution in [0, 0.1) is 0 Å². The number of nitrogens with one attached hydrogen (secondary N) is 1. The summed E-state index contributed by atoms with van der Waals surface area (Å²) in [5, 5.41) is -0.249. The largest absolute Gasteiger partial charge is 0.697 e. The van der Waals surface area contributed by atoms with Crippen molar-refractivity contribution in [2.45, 2.75) is 69.0 Å². The van der Waals surface area contributed by atoms with Crippen molar-refractivity contribution in [1.82, 2.24) is 9.55 Å². The van der Waals surface area contributed by atoms with E-state index >= 15 is 0 Å². The molecule has 12 nitrogen and oxygen atoms in total. The predicted molar refractivity (Wildman–Crippen MR) is 195 cm³/mol. The monoisotopic (exact) mass is 737 g/mol. The molecule has 1 N–H and O–H groups in total. The summed E-state index contributed by atoms with van der Waals surface area (Å²) >= 11 is 0. The minimum Gasteiger partial charge on any atom is -0.497 e. The van der Waals surface area contributed by atoms with Crippen LogP contribution >= 0.6 is 8.25 Å². The van der Waals surface area contributed by atoms with Crippen molar-refractivity contribution in [3.63, 3.8) is 0 Å². The molecule has 2 heterocycles. The smallest absolute Gasteiger partial charge is 0.497 e. The third kappa shape index (κ3) is 8.10. The molecule has 1 aliphatic rings. The topological polar surface area (TPSA) is 137 Å². The van der Waals surface area contributed by atoms with E-state index in [0.717, 1.165) is 16.7 Å². The Hall–Kier alpha value is -3.94. The zero-order valence-corrected chi connectivity index (χ0v) is 32.0. The minimum absolute atomic E-state index is 0.115. The van der Waals surface area contributed by atoms with Gasteiger partial charge in [0.25, 0.3) is 5.56 Å². The van der Waals surface area contributed by atoms with E-state index in [1.807, 2.05) is 78.9 Å². The van der Waals surface area contributed by atoms with Gasteiger partial charge in [0.05, 0.1) is 27.9 Å². The molecule has 1 fully saturated rings. The second-order valence-corrected chi connectivity index (χ2v) is 19.5. The first-order valence-corrected chi connectivity index (χ1v) is 20.6. The highest BCUT2D eigenvalue weighted by Gasteiger charge is 2.56. The first-order valence-electron chi connectivity index (χ1n) is 16.6. The van der Waals surface area contributed by atoms with E-state index in [9.17, 15) is 14.2 Å². The van der Waals surface area contributed by atoms with Crippen LogP contribution in [0.3, 0.4) is 0 Å². The lowest BCUT2D eigenvalue weighted by atomic mass is 9.80. The summed E-state index contributed by atoms with van der Waals surface area (Å²) in [5.41, 5.74) is -0.0528. The third-order valence-corrected chi connectivity index (χ3v) is 14.8. The Balaban J connectivity index is 1.66. The summed E-state index contributed by atoms with van der Waals surface area (Å²) in [6.07, 6.45) is -2.61. The highest BCUT2D eigenvalue weighted by molar-refractivity contribution is 7.33. The van der Waals surface area contributed by atoms with Gasteiger partial charge in [0.2, 0.25) is 0 Å². The first-order chi connectivity index (χ1) is 24.2. The van der Waals surface area contributed by atoms with Gasteiger partial charge in [0.15, 0.2) is 20.6 Å². The Morgan fingerprint density at radius 2 is 1.35 bits per heavy atom. The molecule has 1 saturated heterocycles. The second kappa shape index (κ2) is 15.7. The van der Waals surface area contributed by atoms with Crippen LogP contribution in [0.1, 0.15) is 43.7 Å². The molecule has 0 amide bonds. The third-order valence-electron chi connectivity index (χ3n) is 9.64. The number of H-pyrrole nitrogens is 1. The Bertz CT molecular complexity index is 1840. The SMILES string of the molecule is COc1ccc(C(OC[C@H]2O[C@@H](n3ccc(=O)[nH]c3=O)[C@H](O[Si](C)(C)C(C)(C)C)[C@@H]2O[P+](=O)OC)(c2ccccc2)c2ccc(OC)cc2)cc1. The molecule has 0 spiro atoms. The van der Waals surface area contributed by atoms with Crippen LogP contribution < -0.4 is 20.7 Å². The molecule has 5 atom stereocenters. The lowest BCUT2D eigenvalue weighted by Gasteiger charge is -2.40. The van der Waals surface area contributed by atoms with Crippen molar-refractivity contribution in [1.29, 1.82) is 0 Å². The van der Waals surface area contributed by atoms with Gasteiger partial charge in [0.1, 0.15) is 29.3 Å². The van der Waals surface area contributed by atoms with E-state index in [2.05, 4.69) is 38.8 Å². The fraction of sp³-hybridized carbons (Fsp3) is 0.405. The van der Waals surface area contributed by atoms with E-state index < -0.39 is 58.0 Å². The highest BCUT2D eigenvalue weighted by atomic mass is 31.1. The van der Waals surface area contributed by atoms with Gasteiger partial charge in [-0.1, -0.05) is 75.4 Å². The number of aromatic amines is 1. The number of rotatable bonds is 14. The first kappa shape index (κ1) is 38.3. The second-order valence-electron chi connectivity index (χ2n) is 13.7. The number of ether oxygens (including phenoxy) is 4. The average Bonchev–Trinajstić information content (AvgIpc) is 3.43. The summed E-state index contributed by atoms with van der Waals surface area (Å²) < 4.78 is 57.0. The average molecular weight is 738 g/mol. The molecular weight excluding hydrogens is 691 g/mol. The summed E-state index contributed by atoms with van der Waals surface area (Å²) in [6.45, 7) is 10.3. The standard InChI is InChI=1S/C37H45N2O10PSi/c1-36(2,3)51(7,8)49-33-32(48-50(42)45-6)30(47-34(33)39-23-22-31(40)38-35(39)41)24-46-37(25-12-10-9-11-13-25,26-14-18-28(43-4)19-15-26)27-16-20-29(44-5)21-17-27/h9-23,30,32-34H,24H2,1-8H3/p+1/t30-,32-,33-,34-/m1/s1. The van der Waals surface area contributed by atoms with Gasteiger partial charge in [-0.05, 0) is 59.1 Å². The fourth-order valence-corrected chi connectivity index (χ4v) is 7.71. The van der Waals surface area contributed by atoms with Crippen LogP contribution in [0.15, 0.2) is 101 Å². The van der Waals surface area contributed by atoms with Crippen LogP contribution in [0.5, 0.6) is 11.5 Å². The molecule has 5 rings (SSSR count). The zero-order chi connectivity index (χ0) is 37.0. The Morgan fingerprint density at radius 1 is 0.804 bits per heavy atom. The molecule has 3 aromatic carbocycles. The normalized spacial score (nSPS) is 19.9. The van der Waals surface area contributed by atoms with E-state index in [1.54, 1.807) is 14.2 Å². The number of benzene rings is 3. The van der Waals surface area contributed by atoms with Gasteiger partial charge >= 0.3 is 13.9 Å². The summed E-state index contributed by atoms with van der Waals surface area (Å²) in [6, 6.07) is 26.2. The number of hydrogen-bond donors (Lipinski definition) is 1. The number of methoxy groups -OCH3 is 2. The van der Waals surface area contributed by atoms with Crippen molar-refractivity contribution in [2.75, 3.05) is 27.9 Å². The van der Waals surface area contributed by atoms with Crippen molar-refractivity contribution in [3.05, 3.63) is 129 Å². The summed E-state index contributed by atoms with van der Waals surface area (Å²) in [4.78, 5) is 27.6. The molecule has 0 aliphatic carbocycles. The van der Waals surface area contributed by atoms with Crippen LogP contribution in [0.4, 0.5) is 0 Å². The van der Waals surface area contributed by atoms with Crippen molar-refractivity contribution in [2.24, 2.45) is 0 Å². The molecule has 0 bridgehead atoms. The van der Waals surface area contributed by atoms with Gasteiger partial charge in [-0.2, -0.15) is 0 Å². The van der Waals surface area contributed by atoms with Crippen LogP contribution in [-0.4, -0.2) is 64.1 Å². The molecule has 51 heavy (non-hydrogen) atoms. The van der Waals surface area contributed by atoms with Crippen LogP contribution in [-0.2, 0) is 33.1 Å². The zero-order valence-electron chi connectivity index (χ0n) is 30.2. The van der Waals surface area contributed by atoms with Crippen molar-refractivity contribution < 1.29 is 37.0 Å². The van der Waals surface area contributed by atoms with E-state index in [-0.39, 0.29) is 11.6 Å². The maximum Gasteiger partial charge on any atom is 0.697 e. The summed E-state index contributed by atoms with van der Waals surface area (Å²) in [5.74, 6) is 1.34. The quantitative estimate of drug-likeness (QED) is 0.0864. The predicted octanol–water partition coefficient (Wildman–Crippen LogP) is 6.54. The Morgan fingerprint density at radius 3 is 1.84 bits per heavy atom. The van der Waals surface area contributed by atoms with Crippen LogP contribution in [0.25, 0.3) is 0 Å². The van der Waals surface area contributed by atoms with Gasteiger partial charge in [0, 0.05) is 16.8 Å². The van der Waals surface area contributed by atoms with Gasteiger partial charge in [-0.3, -0.25) is 14.3 Å². The molecule has 1 aromatic heterocycles. The highest BCUT2D eigenvalue weighted by Crippen LogP contribution is 2.46. The number of hydrogen-bond acceptors (Lipinski definition) is 10. The van der Waals surface area contributed by atoms with Crippen molar-refractivity contribution >= 4 is 16.6 Å².